The predicted octanol–water partition coefficient (Wildman–Crippen LogP) is 21.0. The molecule has 110 heavy (non-hydrogen) atoms. The Morgan fingerprint density at radius 3 is 1.16 bits per heavy atom. The Morgan fingerprint density at radius 2 is 0.818 bits per heavy atom. The fourth-order valence-corrected chi connectivity index (χ4v) is 15.2. The van der Waals surface area contributed by atoms with E-state index in [1.807, 2.05) is 123 Å². The lowest BCUT2D eigenvalue weighted by atomic mass is 9.71. The molecule has 6 aromatic carbocycles. The van der Waals surface area contributed by atoms with Crippen molar-refractivity contribution >= 4 is 56.8 Å². The normalized spacial score (nSPS) is 18.3. The number of carbonyl (C=O) groups is 6. The van der Waals surface area contributed by atoms with Crippen molar-refractivity contribution in [3.63, 3.8) is 0 Å². The molecule has 4 bridgehead atoms. The summed E-state index contributed by atoms with van der Waals surface area (Å²) in [6.07, 6.45) is 10.7. The molecule has 0 amide bonds. The highest BCUT2D eigenvalue weighted by Crippen LogP contribution is 2.67. The summed E-state index contributed by atoms with van der Waals surface area (Å²) < 4.78 is 92.5. The van der Waals surface area contributed by atoms with Crippen LogP contribution in [0.5, 0.6) is 28.7 Å². The molecule has 6 aromatic rings. The van der Waals surface area contributed by atoms with E-state index in [-0.39, 0.29) is 64.1 Å². The maximum Gasteiger partial charge on any atom is 0.369 e. The molecule has 0 aromatic heterocycles. The molecule has 5 aliphatic rings. The number of carbonyl (C=O) groups excluding carboxylic acids is 6. The predicted molar refractivity (Wildman–Crippen MR) is 425 cm³/mol. The van der Waals surface area contributed by atoms with E-state index in [4.69, 9.17) is 33.5 Å². The van der Waals surface area contributed by atoms with E-state index in [0.29, 0.717) is 49.2 Å². The third-order valence-electron chi connectivity index (χ3n) is 21.5. The number of halogens is 2. The quantitative estimate of drug-likeness (QED) is 0.0176. The largest absolute Gasteiger partial charge is 0.743 e. The number of esters is 6. The molecule has 5 atom stereocenters. The second-order valence-electron chi connectivity index (χ2n) is 32.8. The van der Waals surface area contributed by atoms with Crippen molar-refractivity contribution in [3.8, 4) is 28.7 Å². The second-order valence-corrected chi connectivity index (χ2v) is 36.3. The minimum Gasteiger partial charge on any atom is -0.743 e. The third kappa shape index (κ3) is 26.5. The van der Waals surface area contributed by atoms with Crippen molar-refractivity contribution in [1.29, 1.82) is 0 Å². The number of aromatic hydroxyl groups is 1. The van der Waals surface area contributed by atoms with Crippen LogP contribution in [0.4, 0.5) is 8.78 Å². The summed E-state index contributed by atoms with van der Waals surface area (Å²) in [5, 5.41) is 4.42. The summed E-state index contributed by atoms with van der Waals surface area (Å²) in [6.45, 7) is 36.5. The van der Waals surface area contributed by atoms with E-state index in [0.717, 1.165) is 30.6 Å². The molecule has 4 aliphatic carbocycles. The average molecular weight is 1560 g/mol. The standard InChI is InChI=1S/C18H15S.C16H24O3.C14H16O4.C12H16O3.C12H18.C9H16F2O5S.C8H16O2/c1-4-10-16(11-5-1)19(17-12-6-2-7-13-17)18-14-8-3-9-15-18;1-7-16(5,6)14(17)18-12-8-10-13(11-9-12)19-15(2,3)4;1-4-14(2,3)13(16)18-10-5-6-11-9(7-10)8-17-12(11)15;1-4-12(2,3)11(14)15-10-7-5-9(13)6-8-10;1-2-8-5-7(1)11-9-3-4-10(6-9)12(8)11;1-5-8(3,4)7(12)16-6(2)9(10,11)17(13,14)15;1-5-8(3,4)7(9)10-6-2/h1-15H;8-11H,7H2,1-6H3;5-7H,4,8H2,1-3H3;5-8,13H,4H2,1-3H3;7-12H,1-6H2;6H,5H2,1-4H3,(H,13,14,15);5-6H2,1-4H3/q+1;;;;;;/p-1. The molecule has 11 rings (SSSR count). The number of hydrogen-bond donors (Lipinski definition) is 1. The molecule has 1 heterocycles. The van der Waals surface area contributed by atoms with Crippen LogP contribution in [0.3, 0.4) is 0 Å². The molecule has 604 valence electrons. The van der Waals surface area contributed by atoms with Crippen LogP contribution in [0.25, 0.3) is 0 Å². The van der Waals surface area contributed by atoms with Gasteiger partial charge in [0.2, 0.25) is 0 Å². The number of ether oxygens (including phenoxy) is 7. The van der Waals surface area contributed by atoms with E-state index in [1.54, 1.807) is 87.9 Å². The first-order chi connectivity index (χ1) is 51.3. The molecule has 4 fully saturated rings. The van der Waals surface area contributed by atoms with Crippen molar-refractivity contribution < 1.29 is 88.8 Å². The van der Waals surface area contributed by atoms with Gasteiger partial charge in [-0.25, -0.2) is 13.2 Å². The summed E-state index contributed by atoms with van der Waals surface area (Å²) in [5.41, 5.74) is -1.69. The van der Waals surface area contributed by atoms with Gasteiger partial charge in [0.25, 0.3) is 0 Å². The Labute approximate surface area is 656 Å². The number of cyclic esters (lactones) is 1. The lowest BCUT2D eigenvalue weighted by Crippen LogP contribution is -2.44. The lowest BCUT2D eigenvalue weighted by Gasteiger charge is -2.34. The molecule has 1 N–H and O–H groups in total. The minimum atomic E-state index is -5.86. The van der Waals surface area contributed by atoms with Crippen LogP contribution in [0.2, 0.25) is 0 Å². The molecule has 0 spiro atoms. The number of hydrogen-bond acceptors (Lipinski definition) is 17. The Bertz CT molecular complexity index is 3900. The maximum atomic E-state index is 13.0. The van der Waals surface area contributed by atoms with Gasteiger partial charge in [0.15, 0.2) is 30.9 Å². The zero-order valence-corrected chi connectivity index (χ0v) is 69.9. The topological polar surface area (TPSA) is 244 Å². The first-order valence-corrected chi connectivity index (χ1v) is 41.1. The van der Waals surface area contributed by atoms with Gasteiger partial charge in [-0.05, 0) is 313 Å². The summed E-state index contributed by atoms with van der Waals surface area (Å²) in [4.78, 5) is 73.4. The molecule has 5 unspecified atom stereocenters. The molecule has 1 aliphatic heterocycles. The van der Waals surface area contributed by atoms with Crippen molar-refractivity contribution in [2.24, 2.45) is 62.6 Å². The number of fused-ring (bicyclic) bond motifs is 10. The molecule has 17 nitrogen and oxygen atoms in total. The fourth-order valence-electron chi connectivity index (χ4n) is 12.6. The molecular weight excluding hydrogens is 1440 g/mol. The van der Waals surface area contributed by atoms with Crippen LogP contribution in [-0.4, -0.2) is 77.5 Å². The Kier molecular flexibility index (Phi) is 33.9. The lowest BCUT2D eigenvalue weighted by molar-refractivity contribution is -0.170. The van der Waals surface area contributed by atoms with Crippen LogP contribution in [0.1, 0.15) is 225 Å². The van der Waals surface area contributed by atoms with Gasteiger partial charge in [-0.2, -0.15) is 8.78 Å². The average Bonchev–Trinajstić information content (AvgIpc) is 1.57. The molecule has 21 heteroatoms. The second kappa shape index (κ2) is 40.4. The third-order valence-corrected chi connectivity index (χ3v) is 24.7. The van der Waals surface area contributed by atoms with Gasteiger partial charge in [0.05, 0.1) is 50.1 Å². The number of phenolic OH excluding ortho intramolecular Hbond substituents is 1. The zero-order valence-electron chi connectivity index (χ0n) is 68.3. The number of benzene rings is 6. The molecule has 4 saturated carbocycles. The van der Waals surface area contributed by atoms with Gasteiger partial charge in [-0.1, -0.05) is 89.2 Å². The first-order valence-electron chi connectivity index (χ1n) is 38.5. The molecular formula is C89H120F2O17S2. The van der Waals surface area contributed by atoms with E-state index >= 15 is 0 Å². The van der Waals surface area contributed by atoms with Crippen molar-refractivity contribution in [3.05, 3.63) is 169 Å². The smallest absolute Gasteiger partial charge is 0.369 e. The van der Waals surface area contributed by atoms with E-state index in [1.165, 1.54) is 76.2 Å². The minimum absolute atomic E-state index is 0.0146. The van der Waals surface area contributed by atoms with E-state index < -0.39 is 49.1 Å². The zero-order chi connectivity index (χ0) is 82.4. The van der Waals surface area contributed by atoms with Crippen LogP contribution < -0.4 is 18.9 Å². The number of rotatable bonds is 21. The van der Waals surface area contributed by atoms with Crippen LogP contribution in [0.15, 0.2) is 172 Å². The van der Waals surface area contributed by atoms with Crippen LogP contribution in [0, 0.1) is 62.6 Å². The van der Waals surface area contributed by atoms with E-state index in [9.17, 15) is 50.5 Å². The van der Waals surface area contributed by atoms with Gasteiger partial charge in [-0.15, -0.1) is 0 Å². The highest BCUT2D eigenvalue weighted by atomic mass is 32.2. The maximum absolute atomic E-state index is 13.0. The van der Waals surface area contributed by atoms with Gasteiger partial charge in [-0.3, -0.25) is 24.0 Å². The van der Waals surface area contributed by atoms with Gasteiger partial charge >= 0.3 is 41.1 Å². The summed E-state index contributed by atoms with van der Waals surface area (Å²) in [7, 11) is -5.87. The molecule has 0 saturated heterocycles. The highest BCUT2D eigenvalue weighted by molar-refractivity contribution is 7.97. The van der Waals surface area contributed by atoms with E-state index in [2.05, 4.69) is 95.7 Å². The number of alkyl halides is 2. The SMILES string of the molecule is C1CC2CC1C1C3CCC(C3)C21.CCC(C)(C)C(=O)OC(C)C(F)(F)S(=O)(=O)[O-].CCC(C)(C)C(=O)Oc1ccc(O)cc1.CCC(C)(C)C(=O)Oc1ccc(OC(C)(C)C)cc1.CCC(C)(C)C(=O)Oc1ccc2c(c1)COC2=O.CCOC(=O)C(C)(C)CC.c1ccc([S+](c2ccccc2)c2ccccc2)cc1. The van der Waals surface area contributed by atoms with Crippen molar-refractivity contribution in [2.45, 2.75) is 247 Å². The Morgan fingerprint density at radius 1 is 0.491 bits per heavy atom. The van der Waals surface area contributed by atoms with Crippen molar-refractivity contribution in [2.75, 3.05) is 6.61 Å². The summed E-state index contributed by atoms with van der Waals surface area (Å²) >= 11 is 0. The van der Waals surface area contributed by atoms with Crippen LogP contribution >= 0.6 is 0 Å². The number of phenols is 1. The van der Waals surface area contributed by atoms with Crippen molar-refractivity contribution in [1.82, 2.24) is 0 Å². The summed E-state index contributed by atoms with van der Waals surface area (Å²) in [6, 6.07) is 50.3. The van der Waals surface area contributed by atoms with Gasteiger partial charge in [0.1, 0.15) is 41.0 Å². The Hall–Kier alpha value is -8.14. The first kappa shape index (κ1) is 92.5. The van der Waals surface area contributed by atoms with Crippen LogP contribution in [-0.2, 0) is 65.8 Å². The van der Waals surface area contributed by atoms with Gasteiger partial charge in [0, 0.05) is 5.56 Å². The molecule has 0 radical (unpaired) electrons. The fraction of sp³-hybridized carbons (Fsp3) is 0.528. The monoisotopic (exact) mass is 1560 g/mol. The summed E-state index contributed by atoms with van der Waals surface area (Å²) in [5.74, 6) is 7.55. The Balaban J connectivity index is 0.000000232. The van der Waals surface area contributed by atoms with Gasteiger partial charge < -0.3 is 42.8 Å². The highest BCUT2D eigenvalue weighted by Gasteiger charge is 2.59.